The van der Waals surface area contributed by atoms with E-state index in [4.69, 9.17) is 5.11 Å². The Morgan fingerprint density at radius 1 is 1.25 bits per heavy atom. The van der Waals surface area contributed by atoms with Gasteiger partial charge in [0.05, 0.1) is 24.6 Å². The smallest absolute Gasteiger partial charge is 0.132 e. The summed E-state index contributed by atoms with van der Waals surface area (Å²) in [5.74, 6) is 0.779. The highest BCUT2D eigenvalue weighted by molar-refractivity contribution is 5.78. The molecule has 0 aliphatic rings. The van der Waals surface area contributed by atoms with Crippen LogP contribution in [0.5, 0.6) is 0 Å². The minimum absolute atomic E-state index is 0.0559. The second-order valence-corrected chi connectivity index (χ2v) is 4.85. The molecule has 2 N–H and O–H groups in total. The molecular formula is C15H16N4O. The average Bonchev–Trinajstić information content (AvgIpc) is 2.82. The molecule has 2 heterocycles. The molecule has 5 nitrogen and oxygen atoms in total. The molecule has 0 aliphatic carbocycles. The lowest BCUT2D eigenvalue weighted by Crippen LogP contribution is -1.97. The summed E-state index contributed by atoms with van der Waals surface area (Å²) >= 11 is 0. The van der Waals surface area contributed by atoms with Gasteiger partial charge in [0, 0.05) is 18.8 Å². The fourth-order valence-corrected chi connectivity index (χ4v) is 2.20. The van der Waals surface area contributed by atoms with Gasteiger partial charge in [-0.25, -0.2) is 9.97 Å². The normalized spacial score (nSPS) is 10.9. The van der Waals surface area contributed by atoms with Crippen molar-refractivity contribution in [1.29, 1.82) is 0 Å². The zero-order valence-electron chi connectivity index (χ0n) is 11.5. The molecule has 0 aliphatic heterocycles. The van der Waals surface area contributed by atoms with E-state index in [0.29, 0.717) is 0 Å². The quantitative estimate of drug-likeness (QED) is 0.766. The minimum Gasteiger partial charge on any atom is -0.392 e. The van der Waals surface area contributed by atoms with Crippen molar-refractivity contribution in [1.82, 2.24) is 14.5 Å². The lowest BCUT2D eigenvalue weighted by Gasteiger charge is -2.10. The van der Waals surface area contributed by atoms with E-state index < -0.39 is 0 Å². The molecular weight excluding hydrogens is 252 g/mol. The number of anilines is 2. The van der Waals surface area contributed by atoms with Gasteiger partial charge in [-0.05, 0) is 24.1 Å². The number of aromatic nitrogens is 3. The van der Waals surface area contributed by atoms with E-state index in [0.717, 1.165) is 33.7 Å². The van der Waals surface area contributed by atoms with Crippen LogP contribution < -0.4 is 5.32 Å². The Hall–Kier alpha value is -2.40. The Kier molecular flexibility index (Phi) is 3.12. The number of rotatable bonds is 3. The van der Waals surface area contributed by atoms with Gasteiger partial charge in [0.1, 0.15) is 11.3 Å². The van der Waals surface area contributed by atoms with Gasteiger partial charge >= 0.3 is 0 Å². The lowest BCUT2D eigenvalue weighted by atomic mass is 10.1. The van der Waals surface area contributed by atoms with Gasteiger partial charge in [0.25, 0.3) is 0 Å². The molecule has 1 aromatic carbocycles. The topological polar surface area (TPSA) is 63.0 Å². The molecule has 0 bridgehead atoms. The monoisotopic (exact) mass is 268 g/mol. The van der Waals surface area contributed by atoms with Crippen molar-refractivity contribution in [2.24, 2.45) is 7.05 Å². The molecule has 0 fully saturated rings. The molecule has 102 valence electrons. The molecule has 0 saturated heterocycles. The highest BCUT2D eigenvalue weighted by Crippen LogP contribution is 2.22. The van der Waals surface area contributed by atoms with Gasteiger partial charge in [-0.3, -0.25) is 0 Å². The van der Waals surface area contributed by atoms with Crippen LogP contribution in [-0.2, 0) is 13.7 Å². The number of aliphatic hydroxyl groups is 1. The maximum atomic E-state index is 9.13. The van der Waals surface area contributed by atoms with E-state index in [1.807, 2.05) is 42.8 Å². The first kappa shape index (κ1) is 12.6. The van der Waals surface area contributed by atoms with Crippen LogP contribution in [-0.4, -0.2) is 19.6 Å². The van der Waals surface area contributed by atoms with E-state index >= 15 is 0 Å². The SMILES string of the molecule is Cc1cc(CO)ccc1Nc1cc2c(cn1)ncn2C. The van der Waals surface area contributed by atoms with Crippen LogP contribution in [0.2, 0.25) is 0 Å². The average molecular weight is 268 g/mol. The van der Waals surface area contributed by atoms with Crippen molar-refractivity contribution in [3.63, 3.8) is 0 Å². The third-order valence-corrected chi connectivity index (χ3v) is 3.35. The van der Waals surface area contributed by atoms with Crippen LogP contribution in [0, 0.1) is 6.92 Å². The number of nitrogens with zero attached hydrogens (tertiary/aromatic N) is 3. The largest absolute Gasteiger partial charge is 0.392 e. The number of nitrogens with one attached hydrogen (secondary N) is 1. The van der Waals surface area contributed by atoms with Gasteiger partial charge in [-0.1, -0.05) is 12.1 Å². The molecule has 0 atom stereocenters. The number of hydrogen-bond acceptors (Lipinski definition) is 4. The summed E-state index contributed by atoms with van der Waals surface area (Å²) in [5.41, 5.74) is 4.88. The van der Waals surface area contributed by atoms with Crippen LogP contribution in [0.4, 0.5) is 11.5 Å². The van der Waals surface area contributed by atoms with Crippen LogP contribution in [0.3, 0.4) is 0 Å². The van der Waals surface area contributed by atoms with E-state index in [1.54, 1.807) is 12.5 Å². The first-order valence-electron chi connectivity index (χ1n) is 6.42. The van der Waals surface area contributed by atoms with Gasteiger partial charge < -0.3 is 15.0 Å². The van der Waals surface area contributed by atoms with Gasteiger partial charge in [-0.15, -0.1) is 0 Å². The Morgan fingerprint density at radius 2 is 2.10 bits per heavy atom. The maximum Gasteiger partial charge on any atom is 0.132 e. The summed E-state index contributed by atoms with van der Waals surface area (Å²) in [4.78, 5) is 8.61. The Bertz CT molecular complexity index is 764. The zero-order chi connectivity index (χ0) is 14.1. The highest BCUT2D eigenvalue weighted by atomic mass is 16.3. The number of hydrogen-bond donors (Lipinski definition) is 2. The number of fused-ring (bicyclic) bond motifs is 1. The summed E-state index contributed by atoms with van der Waals surface area (Å²) < 4.78 is 1.96. The first-order chi connectivity index (χ1) is 9.67. The van der Waals surface area contributed by atoms with Crippen LogP contribution in [0.15, 0.2) is 36.8 Å². The molecule has 0 radical (unpaired) electrons. The van der Waals surface area contributed by atoms with Crippen molar-refractivity contribution in [3.8, 4) is 0 Å². The zero-order valence-corrected chi connectivity index (χ0v) is 11.5. The van der Waals surface area contributed by atoms with E-state index in [2.05, 4.69) is 15.3 Å². The van der Waals surface area contributed by atoms with Crippen LogP contribution in [0.1, 0.15) is 11.1 Å². The molecule has 0 amide bonds. The van der Waals surface area contributed by atoms with Crippen molar-refractivity contribution in [2.45, 2.75) is 13.5 Å². The number of aryl methyl sites for hydroxylation is 2. The van der Waals surface area contributed by atoms with Crippen molar-refractivity contribution in [3.05, 3.63) is 47.9 Å². The molecule has 3 rings (SSSR count). The van der Waals surface area contributed by atoms with Gasteiger partial charge in [0.15, 0.2) is 0 Å². The number of pyridine rings is 1. The maximum absolute atomic E-state index is 9.13. The second-order valence-electron chi connectivity index (χ2n) is 4.85. The lowest BCUT2D eigenvalue weighted by molar-refractivity contribution is 0.282. The van der Waals surface area contributed by atoms with E-state index in [9.17, 15) is 0 Å². The predicted octanol–water partition coefficient (Wildman–Crippen LogP) is 2.51. The third kappa shape index (κ3) is 2.23. The van der Waals surface area contributed by atoms with E-state index in [1.165, 1.54) is 0 Å². The highest BCUT2D eigenvalue weighted by Gasteiger charge is 2.05. The fraction of sp³-hybridized carbons (Fsp3) is 0.200. The van der Waals surface area contributed by atoms with Crippen molar-refractivity contribution in [2.75, 3.05) is 5.32 Å². The second kappa shape index (κ2) is 4.94. The summed E-state index contributed by atoms with van der Waals surface area (Å²) in [6, 6.07) is 7.79. The summed E-state index contributed by atoms with van der Waals surface area (Å²) in [6.07, 6.45) is 3.53. The van der Waals surface area contributed by atoms with Crippen LogP contribution >= 0.6 is 0 Å². The predicted molar refractivity (Wildman–Crippen MR) is 78.9 cm³/mol. The third-order valence-electron chi connectivity index (χ3n) is 3.35. The standard InChI is InChI=1S/C15H16N4O/c1-10-5-11(8-20)3-4-12(10)18-15-6-14-13(7-16-15)17-9-19(14)2/h3-7,9,20H,8H2,1-2H3,(H,16,18). The molecule has 2 aromatic heterocycles. The summed E-state index contributed by atoms with van der Waals surface area (Å²) in [5, 5.41) is 12.4. The fourth-order valence-electron chi connectivity index (χ4n) is 2.20. The summed E-state index contributed by atoms with van der Waals surface area (Å²) in [6.45, 7) is 2.06. The molecule has 0 unspecified atom stereocenters. The first-order valence-corrected chi connectivity index (χ1v) is 6.42. The van der Waals surface area contributed by atoms with Gasteiger partial charge in [-0.2, -0.15) is 0 Å². The minimum atomic E-state index is 0.0559. The molecule has 20 heavy (non-hydrogen) atoms. The molecule has 3 aromatic rings. The molecule has 0 spiro atoms. The molecule has 5 heteroatoms. The van der Waals surface area contributed by atoms with Crippen molar-refractivity contribution < 1.29 is 5.11 Å². The Balaban J connectivity index is 1.94. The van der Waals surface area contributed by atoms with E-state index in [-0.39, 0.29) is 6.61 Å². The molecule has 0 saturated carbocycles. The Morgan fingerprint density at radius 3 is 2.85 bits per heavy atom. The number of aliphatic hydroxyl groups excluding tert-OH is 1. The van der Waals surface area contributed by atoms with Gasteiger partial charge in [0.2, 0.25) is 0 Å². The van der Waals surface area contributed by atoms with Crippen LogP contribution in [0.25, 0.3) is 11.0 Å². The van der Waals surface area contributed by atoms with Crippen molar-refractivity contribution >= 4 is 22.5 Å². The number of imidazole rings is 1. The summed E-state index contributed by atoms with van der Waals surface area (Å²) in [7, 11) is 1.96. The number of benzene rings is 1. The Labute approximate surface area is 116 Å².